The van der Waals surface area contributed by atoms with Crippen molar-refractivity contribution in [3.63, 3.8) is 0 Å². The summed E-state index contributed by atoms with van der Waals surface area (Å²) < 4.78 is 1.58. The fourth-order valence-corrected chi connectivity index (χ4v) is 5.21. The molecule has 1 aliphatic rings. The number of halogens is 2. The molecule has 0 saturated carbocycles. The molecule has 19 heavy (non-hydrogen) atoms. The number of thiophene rings is 1. The smallest absolute Gasteiger partial charge is 0.326 e. The first-order chi connectivity index (χ1) is 8.91. The molecule has 0 aliphatic carbocycles. The second-order valence-corrected chi connectivity index (χ2v) is 8.39. The molecule has 0 spiro atoms. The number of hydrogen-bond donors (Lipinski definition) is 1. The third-order valence-electron chi connectivity index (χ3n) is 3.33. The number of nitrogens with zero attached hydrogens (tertiary/aromatic N) is 1. The minimum atomic E-state index is -0.925. The van der Waals surface area contributed by atoms with Crippen LogP contribution in [0.3, 0.4) is 0 Å². The van der Waals surface area contributed by atoms with Gasteiger partial charge in [-0.3, -0.25) is 4.79 Å². The zero-order valence-corrected chi connectivity index (χ0v) is 14.2. The molecular weight excluding hydrogens is 398 g/mol. The van der Waals surface area contributed by atoms with Crippen molar-refractivity contribution in [3.8, 4) is 0 Å². The molecule has 1 fully saturated rings. The van der Waals surface area contributed by atoms with Crippen molar-refractivity contribution in [2.24, 2.45) is 5.92 Å². The van der Waals surface area contributed by atoms with E-state index in [0.29, 0.717) is 12.1 Å². The quantitative estimate of drug-likeness (QED) is 0.810. The van der Waals surface area contributed by atoms with Gasteiger partial charge >= 0.3 is 5.97 Å². The van der Waals surface area contributed by atoms with Crippen LogP contribution in [0.2, 0.25) is 0 Å². The monoisotopic (exact) mass is 409 g/mol. The van der Waals surface area contributed by atoms with Gasteiger partial charge < -0.3 is 10.0 Å². The molecular formula is C12H13Br2NO3S. The number of carboxylic acid groups (broad SMARTS) is 1. The zero-order chi connectivity index (χ0) is 14.2. The average molecular weight is 411 g/mol. The largest absolute Gasteiger partial charge is 0.480 e. The van der Waals surface area contributed by atoms with Crippen molar-refractivity contribution in [2.45, 2.75) is 25.8 Å². The summed E-state index contributed by atoms with van der Waals surface area (Å²) in [5, 5.41) is 9.34. The van der Waals surface area contributed by atoms with Crippen LogP contribution in [-0.2, 0) is 4.79 Å². The van der Waals surface area contributed by atoms with Crippen LogP contribution in [0.25, 0.3) is 0 Å². The highest BCUT2D eigenvalue weighted by Crippen LogP contribution is 2.34. The van der Waals surface area contributed by atoms with E-state index in [2.05, 4.69) is 31.9 Å². The summed E-state index contributed by atoms with van der Waals surface area (Å²) in [6.45, 7) is 2.39. The van der Waals surface area contributed by atoms with E-state index in [-0.39, 0.29) is 11.8 Å². The lowest BCUT2D eigenvalue weighted by atomic mass is 9.90. The maximum Gasteiger partial charge on any atom is 0.326 e. The van der Waals surface area contributed by atoms with Gasteiger partial charge in [0.05, 0.1) is 13.1 Å². The van der Waals surface area contributed by atoms with Crippen LogP contribution >= 0.6 is 43.2 Å². The average Bonchev–Trinajstić information content (AvgIpc) is 2.66. The molecule has 4 nitrogen and oxygen atoms in total. The molecule has 0 aromatic carbocycles. The number of aliphatic carboxylic acids is 1. The van der Waals surface area contributed by atoms with E-state index in [4.69, 9.17) is 0 Å². The number of carboxylic acids is 1. The van der Waals surface area contributed by atoms with E-state index in [1.807, 2.05) is 6.92 Å². The first kappa shape index (κ1) is 15.0. The van der Waals surface area contributed by atoms with Crippen LogP contribution in [0.15, 0.2) is 13.6 Å². The number of hydrogen-bond acceptors (Lipinski definition) is 3. The zero-order valence-electron chi connectivity index (χ0n) is 10.2. The van der Waals surface area contributed by atoms with Crippen LogP contribution in [0.1, 0.15) is 30.1 Å². The van der Waals surface area contributed by atoms with Gasteiger partial charge in [-0.2, -0.15) is 0 Å². The van der Waals surface area contributed by atoms with Crippen LogP contribution in [0, 0.1) is 5.92 Å². The fraction of sp³-hybridized carbons (Fsp3) is 0.500. The van der Waals surface area contributed by atoms with Gasteiger partial charge in [0.1, 0.15) is 6.04 Å². The van der Waals surface area contributed by atoms with E-state index in [1.54, 1.807) is 6.07 Å². The second kappa shape index (κ2) is 5.93. The van der Waals surface area contributed by atoms with Crippen molar-refractivity contribution in [1.29, 1.82) is 0 Å². The van der Waals surface area contributed by atoms with Crippen molar-refractivity contribution < 1.29 is 14.7 Å². The van der Waals surface area contributed by atoms with Gasteiger partial charge in [0.15, 0.2) is 0 Å². The van der Waals surface area contributed by atoms with Gasteiger partial charge in [-0.1, -0.05) is 6.92 Å². The molecule has 1 N–H and O–H groups in total. The molecule has 1 aromatic heterocycles. The Morgan fingerprint density at radius 3 is 2.68 bits per heavy atom. The highest BCUT2D eigenvalue weighted by Gasteiger charge is 2.38. The van der Waals surface area contributed by atoms with Crippen molar-refractivity contribution >= 4 is 55.1 Å². The lowest BCUT2D eigenvalue weighted by Gasteiger charge is -2.37. The molecule has 0 radical (unpaired) electrons. The summed E-state index contributed by atoms with van der Waals surface area (Å²) >= 11 is 8.09. The molecule has 0 bridgehead atoms. The molecule has 2 unspecified atom stereocenters. The molecule has 104 valence electrons. The predicted molar refractivity (Wildman–Crippen MR) is 80.6 cm³/mol. The number of carbonyl (C=O) groups is 2. The first-order valence-electron chi connectivity index (χ1n) is 5.90. The van der Waals surface area contributed by atoms with E-state index in [9.17, 15) is 14.7 Å². The second-order valence-electron chi connectivity index (χ2n) is 4.64. The molecule has 2 atom stereocenters. The number of amides is 1. The highest BCUT2D eigenvalue weighted by atomic mass is 79.9. The normalized spacial score (nSPS) is 23.4. The maximum absolute atomic E-state index is 12.5. The fourth-order valence-electron chi connectivity index (χ4n) is 2.43. The lowest BCUT2D eigenvalue weighted by Crippen LogP contribution is -2.51. The Hall–Kier alpha value is -0.400. The Labute approximate surface area is 132 Å². The van der Waals surface area contributed by atoms with Gasteiger partial charge in [0, 0.05) is 6.54 Å². The highest BCUT2D eigenvalue weighted by molar-refractivity contribution is 9.12. The van der Waals surface area contributed by atoms with E-state index >= 15 is 0 Å². The lowest BCUT2D eigenvalue weighted by molar-refractivity contribution is -0.145. The number of rotatable bonds is 2. The standard InChI is InChI=1S/C12H13Br2NO3S/c1-6-3-2-4-15(9(6)12(17)18)11(16)7-5-8(13)19-10(7)14/h5-6,9H,2-4H2,1H3,(H,17,18). The van der Waals surface area contributed by atoms with E-state index < -0.39 is 12.0 Å². The summed E-state index contributed by atoms with van der Waals surface area (Å²) in [7, 11) is 0. The summed E-state index contributed by atoms with van der Waals surface area (Å²) in [4.78, 5) is 25.4. The predicted octanol–water partition coefficient (Wildman–Crippen LogP) is 3.60. The van der Waals surface area contributed by atoms with Crippen LogP contribution in [0.5, 0.6) is 0 Å². The molecule has 2 rings (SSSR count). The molecule has 7 heteroatoms. The maximum atomic E-state index is 12.5. The van der Waals surface area contributed by atoms with Gasteiger partial charge in [-0.15, -0.1) is 11.3 Å². The summed E-state index contributed by atoms with van der Waals surface area (Å²) in [6.07, 6.45) is 1.69. The Morgan fingerprint density at radius 1 is 1.47 bits per heavy atom. The summed E-state index contributed by atoms with van der Waals surface area (Å²) in [5.74, 6) is -1.16. The minimum absolute atomic E-state index is 0.0175. The van der Waals surface area contributed by atoms with Crippen molar-refractivity contribution in [1.82, 2.24) is 4.90 Å². The molecule has 2 heterocycles. The summed E-state index contributed by atoms with van der Waals surface area (Å²) in [6, 6.07) is 1.00. The number of piperidine rings is 1. The number of carbonyl (C=O) groups excluding carboxylic acids is 1. The molecule has 1 aliphatic heterocycles. The Morgan fingerprint density at radius 2 is 2.16 bits per heavy atom. The third-order valence-corrected chi connectivity index (χ3v) is 5.67. The topological polar surface area (TPSA) is 57.6 Å². The Balaban J connectivity index is 2.30. The molecule has 1 saturated heterocycles. The van der Waals surface area contributed by atoms with Crippen molar-refractivity contribution in [3.05, 3.63) is 19.2 Å². The SMILES string of the molecule is CC1CCCN(C(=O)c2cc(Br)sc2Br)C1C(=O)O. The van der Waals surface area contributed by atoms with Crippen LogP contribution < -0.4 is 0 Å². The van der Waals surface area contributed by atoms with E-state index in [1.165, 1.54) is 16.2 Å². The molecule has 1 aromatic rings. The number of likely N-dealkylation sites (tertiary alicyclic amines) is 1. The van der Waals surface area contributed by atoms with Gasteiger partial charge in [-0.25, -0.2) is 4.79 Å². The molecule has 1 amide bonds. The van der Waals surface area contributed by atoms with Gasteiger partial charge in [-0.05, 0) is 56.7 Å². The Kier molecular flexibility index (Phi) is 4.68. The van der Waals surface area contributed by atoms with Crippen LogP contribution in [0.4, 0.5) is 0 Å². The Bertz CT molecular complexity index is 517. The van der Waals surface area contributed by atoms with Gasteiger partial charge in [0.25, 0.3) is 5.91 Å². The third kappa shape index (κ3) is 3.03. The first-order valence-corrected chi connectivity index (χ1v) is 8.30. The summed E-state index contributed by atoms with van der Waals surface area (Å²) in [5.41, 5.74) is 0.525. The van der Waals surface area contributed by atoms with Gasteiger partial charge in [0.2, 0.25) is 0 Å². The van der Waals surface area contributed by atoms with Crippen LogP contribution in [-0.4, -0.2) is 34.5 Å². The van der Waals surface area contributed by atoms with Crippen molar-refractivity contribution in [2.75, 3.05) is 6.54 Å². The van der Waals surface area contributed by atoms with E-state index in [0.717, 1.165) is 20.4 Å². The minimum Gasteiger partial charge on any atom is -0.480 e.